The van der Waals surface area contributed by atoms with Crippen LogP contribution >= 0.6 is 15.9 Å². The topological polar surface area (TPSA) is 55.5 Å². The van der Waals surface area contributed by atoms with Crippen LogP contribution < -0.4 is 10.5 Å². The number of hydrogen-bond acceptors (Lipinski definition) is 3. The first kappa shape index (κ1) is 13.5. The van der Waals surface area contributed by atoms with Crippen LogP contribution in [0.15, 0.2) is 22.7 Å². The van der Waals surface area contributed by atoms with Crippen LogP contribution in [0.5, 0.6) is 5.75 Å². The van der Waals surface area contributed by atoms with Crippen LogP contribution in [-0.4, -0.2) is 24.9 Å². The van der Waals surface area contributed by atoms with Crippen molar-refractivity contribution in [2.24, 2.45) is 5.73 Å². The molecule has 4 heteroatoms. The molecule has 0 aliphatic rings. The summed E-state index contributed by atoms with van der Waals surface area (Å²) in [6, 6.07) is 5.83. The number of methoxy groups -OCH3 is 1. The Morgan fingerprint density at radius 3 is 2.69 bits per heavy atom. The van der Waals surface area contributed by atoms with E-state index in [1.54, 1.807) is 14.0 Å². The molecule has 0 radical (unpaired) electrons. The maximum atomic E-state index is 9.44. The van der Waals surface area contributed by atoms with Crippen molar-refractivity contribution in [3.05, 3.63) is 28.2 Å². The van der Waals surface area contributed by atoms with Gasteiger partial charge in [-0.25, -0.2) is 0 Å². The summed E-state index contributed by atoms with van der Waals surface area (Å²) in [5, 5.41) is 9.44. The van der Waals surface area contributed by atoms with Crippen LogP contribution in [0.25, 0.3) is 0 Å². The number of ether oxygens (including phenoxy) is 1. The molecule has 0 heterocycles. The fourth-order valence-corrected chi connectivity index (χ4v) is 2.16. The monoisotopic (exact) mass is 287 g/mol. The molecule has 0 aromatic heterocycles. The van der Waals surface area contributed by atoms with Crippen LogP contribution in [0.1, 0.15) is 24.8 Å². The van der Waals surface area contributed by atoms with Gasteiger partial charge in [0.1, 0.15) is 5.75 Å². The van der Waals surface area contributed by atoms with Gasteiger partial charge in [0.05, 0.1) is 13.2 Å². The molecular weight excluding hydrogens is 270 g/mol. The largest absolute Gasteiger partial charge is 0.496 e. The lowest BCUT2D eigenvalue weighted by Gasteiger charge is -2.19. The van der Waals surface area contributed by atoms with E-state index in [1.807, 2.05) is 18.2 Å². The Morgan fingerprint density at radius 2 is 2.19 bits per heavy atom. The molecule has 1 aromatic carbocycles. The second-order valence-corrected chi connectivity index (χ2v) is 4.82. The van der Waals surface area contributed by atoms with E-state index in [1.165, 1.54) is 0 Å². The molecule has 0 aliphatic carbocycles. The van der Waals surface area contributed by atoms with Gasteiger partial charge >= 0.3 is 0 Å². The molecule has 0 spiro atoms. The van der Waals surface area contributed by atoms with Gasteiger partial charge in [-0.05, 0) is 43.7 Å². The van der Waals surface area contributed by atoms with Crippen molar-refractivity contribution < 1.29 is 9.84 Å². The SMILES string of the molecule is COc1ccc(Br)cc1C(CN)CC(C)O. The summed E-state index contributed by atoms with van der Waals surface area (Å²) in [6.45, 7) is 2.27. The van der Waals surface area contributed by atoms with E-state index < -0.39 is 0 Å². The van der Waals surface area contributed by atoms with E-state index in [0.717, 1.165) is 15.8 Å². The summed E-state index contributed by atoms with van der Waals surface area (Å²) in [5.41, 5.74) is 6.79. The molecule has 0 amide bonds. The van der Waals surface area contributed by atoms with Gasteiger partial charge in [-0.15, -0.1) is 0 Å². The molecule has 3 nitrogen and oxygen atoms in total. The zero-order valence-electron chi connectivity index (χ0n) is 9.61. The third-order valence-electron chi connectivity index (χ3n) is 2.54. The standard InChI is InChI=1S/C12H18BrNO2/c1-8(15)5-9(7-14)11-6-10(13)3-4-12(11)16-2/h3-4,6,8-9,15H,5,7,14H2,1-2H3. The highest BCUT2D eigenvalue weighted by atomic mass is 79.9. The molecular formula is C12H18BrNO2. The number of nitrogens with two attached hydrogens (primary N) is 1. The van der Waals surface area contributed by atoms with Gasteiger partial charge in [-0.3, -0.25) is 0 Å². The first-order valence-corrected chi connectivity index (χ1v) is 6.09. The molecule has 0 saturated carbocycles. The maximum absolute atomic E-state index is 9.44. The molecule has 2 unspecified atom stereocenters. The smallest absolute Gasteiger partial charge is 0.122 e. The summed E-state index contributed by atoms with van der Waals surface area (Å²) in [4.78, 5) is 0. The fraction of sp³-hybridized carbons (Fsp3) is 0.500. The molecule has 0 aliphatic heterocycles. The van der Waals surface area contributed by atoms with E-state index in [4.69, 9.17) is 10.5 Å². The molecule has 1 aromatic rings. The van der Waals surface area contributed by atoms with Crippen LogP contribution in [0.2, 0.25) is 0 Å². The van der Waals surface area contributed by atoms with Crippen LogP contribution in [0.4, 0.5) is 0 Å². The second kappa shape index (κ2) is 6.23. The lowest BCUT2D eigenvalue weighted by molar-refractivity contribution is 0.174. The van der Waals surface area contributed by atoms with E-state index in [2.05, 4.69) is 15.9 Å². The van der Waals surface area contributed by atoms with Crippen LogP contribution in [0, 0.1) is 0 Å². The van der Waals surface area contributed by atoms with Crippen molar-refractivity contribution in [1.82, 2.24) is 0 Å². The van der Waals surface area contributed by atoms with E-state index in [-0.39, 0.29) is 12.0 Å². The van der Waals surface area contributed by atoms with Crippen molar-refractivity contribution in [3.63, 3.8) is 0 Å². The number of halogens is 1. The zero-order valence-corrected chi connectivity index (χ0v) is 11.2. The normalized spacial score (nSPS) is 14.6. The Hall–Kier alpha value is -0.580. The first-order valence-electron chi connectivity index (χ1n) is 5.30. The summed E-state index contributed by atoms with van der Waals surface area (Å²) < 4.78 is 6.30. The number of rotatable bonds is 5. The summed E-state index contributed by atoms with van der Waals surface area (Å²) in [7, 11) is 1.64. The number of benzene rings is 1. The minimum absolute atomic E-state index is 0.118. The molecule has 0 saturated heterocycles. The van der Waals surface area contributed by atoms with Crippen molar-refractivity contribution >= 4 is 15.9 Å². The molecule has 1 rings (SSSR count). The predicted octanol–water partition coefficient (Wildman–Crippen LogP) is 2.27. The van der Waals surface area contributed by atoms with Gasteiger partial charge in [0, 0.05) is 10.4 Å². The molecule has 90 valence electrons. The lowest BCUT2D eigenvalue weighted by atomic mass is 9.93. The first-order chi connectivity index (χ1) is 7.58. The van der Waals surface area contributed by atoms with Gasteiger partial charge in [-0.2, -0.15) is 0 Å². The van der Waals surface area contributed by atoms with Crippen molar-refractivity contribution in [3.8, 4) is 5.75 Å². The quantitative estimate of drug-likeness (QED) is 0.874. The molecule has 16 heavy (non-hydrogen) atoms. The maximum Gasteiger partial charge on any atom is 0.122 e. The molecule has 3 N–H and O–H groups in total. The van der Waals surface area contributed by atoms with Crippen LogP contribution in [-0.2, 0) is 0 Å². The Morgan fingerprint density at radius 1 is 1.50 bits per heavy atom. The second-order valence-electron chi connectivity index (χ2n) is 3.90. The number of aliphatic hydroxyl groups excluding tert-OH is 1. The third-order valence-corrected chi connectivity index (χ3v) is 3.03. The fourth-order valence-electron chi connectivity index (χ4n) is 1.79. The van der Waals surface area contributed by atoms with Gasteiger partial charge in [0.15, 0.2) is 0 Å². The summed E-state index contributed by atoms with van der Waals surface area (Å²) in [6.07, 6.45) is 0.279. The van der Waals surface area contributed by atoms with Gasteiger partial charge in [-0.1, -0.05) is 15.9 Å². The predicted molar refractivity (Wildman–Crippen MR) is 68.8 cm³/mol. The molecule has 2 atom stereocenters. The lowest BCUT2D eigenvalue weighted by Crippen LogP contribution is -2.18. The van der Waals surface area contributed by atoms with Gasteiger partial charge < -0.3 is 15.6 Å². The van der Waals surface area contributed by atoms with Crippen molar-refractivity contribution in [2.75, 3.05) is 13.7 Å². The van der Waals surface area contributed by atoms with Crippen LogP contribution in [0.3, 0.4) is 0 Å². The zero-order chi connectivity index (χ0) is 12.1. The number of aliphatic hydroxyl groups is 1. The highest BCUT2D eigenvalue weighted by Gasteiger charge is 2.17. The highest BCUT2D eigenvalue weighted by Crippen LogP contribution is 2.31. The molecule has 0 fully saturated rings. The average Bonchev–Trinajstić information content (AvgIpc) is 2.25. The average molecular weight is 288 g/mol. The third kappa shape index (κ3) is 3.47. The van der Waals surface area contributed by atoms with Crippen molar-refractivity contribution in [2.45, 2.75) is 25.4 Å². The minimum atomic E-state index is -0.364. The Balaban J connectivity index is 3.02. The van der Waals surface area contributed by atoms with Crippen molar-refractivity contribution in [1.29, 1.82) is 0 Å². The van der Waals surface area contributed by atoms with E-state index in [0.29, 0.717) is 13.0 Å². The summed E-state index contributed by atoms with van der Waals surface area (Å²) >= 11 is 3.43. The van der Waals surface area contributed by atoms with E-state index >= 15 is 0 Å². The van der Waals surface area contributed by atoms with Gasteiger partial charge in [0.2, 0.25) is 0 Å². The Bertz CT molecular complexity index is 342. The van der Waals surface area contributed by atoms with Gasteiger partial charge in [0.25, 0.3) is 0 Å². The highest BCUT2D eigenvalue weighted by molar-refractivity contribution is 9.10. The minimum Gasteiger partial charge on any atom is -0.496 e. The Labute approximate surface area is 105 Å². The number of hydrogen-bond donors (Lipinski definition) is 2. The van der Waals surface area contributed by atoms with E-state index in [9.17, 15) is 5.11 Å². The molecule has 0 bridgehead atoms. The summed E-state index contributed by atoms with van der Waals surface area (Å²) in [5.74, 6) is 0.937. The Kier molecular flexibility index (Phi) is 5.25.